The van der Waals surface area contributed by atoms with Gasteiger partial charge >= 0.3 is 5.69 Å². The number of benzene rings is 1. The van der Waals surface area contributed by atoms with E-state index in [4.69, 9.17) is 0 Å². The zero-order valence-electron chi connectivity index (χ0n) is 16.5. The van der Waals surface area contributed by atoms with Crippen molar-refractivity contribution in [3.8, 4) is 0 Å². The van der Waals surface area contributed by atoms with E-state index in [-0.39, 0.29) is 11.7 Å². The lowest BCUT2D eigenvalue weighted by Crippen LogP contribution is -2.44. The second-order valence-corrected chi connectivity index (χ2v) is 7.44. The fourth-order valence-corrected chi connectivity index (χ4v) is 3.42. The largest absolute Gasteiger partial charge is 0.369 e. The van der Waals surface area contributed by atoms with Gasteiger partial charge in [-0.3, -0.25) is 4.57 Å². The standard InChI is InChI=1S/C20H25N7O/c1-14(2)27-18-15(13-22-20(27)28)12-21-19(24-18)23-16-4-6-17(7-5-16)26-10-8-25(3)9-11-26/h4-7,12-14H,8-11H2,1-3H3,(H,21,23,24). The van der Waals surface area contributed by atoms with Crippen molar-refractivity contribution < 1.29 is 0 Å². The highest BCUT2D eigenvalue weighted by Crippen LogP contribution is 2.22. The molecule has 0 radical (unpaired) electrons. The Balaban J connectivity index is 1.56. The van der Waals surface area contributed by atoms with Gasteiger partial charge < -0.3 is 15.1 Å². The summed E-state index contributed by atoms with van der Waals surface area (Å²) >= 11 is 0. The molecule has 0 bridgehead atoms. The van der Waals surface area contributed by atoms with Crippen LogP contribution < -0.4 is 15.9 Å². The Morgan fingerprint density at radius 2 is 1.68 bits per heavy atom. The van der Waals surface area contributed by atoms with Crippen LogP contribution in [0.3, 0.4) is 0 Å². The van der Waals surface area contributed by atoms with Crippen molar-refractivity contribution in [1.29, 1.82) is 0 Å². The summed E-state index contributed by atoms with van der Waals surface area (Å²) in [6.07, 6.45) is 3.21. The molecule has 0 unspecified atom stereocenters. The average Bonchev–Trinajstić information content (AvgIpc) is 2.69. The second-order valence-electron chi connectivity index (χ2n) is 7.44. The Kier molecular flexibility index (Phi) is 4.95. The summed E-state index contributed by atoms with van der Waals surface area (Å²) in [6, 6.07) is 8.26. The number of nitrogens with zero attached hydrogens (tertiary/aromatic N) is 6. The summed E-state index contributed by atoms with van der Waals surface area (Å²) in [5.41, 5.74) is 2.41. The van der Waals surface area contributed by atoms with E-state index in [1.807, 2.05) is 26.0 Å². The summed E-state index contributed by atoms with van der Waals surface area (Å²) in [5, 5.41) is 3.97. The van der Waals surface area contributed by atoms with Crippen LogP contribution in [0.2, 0.25) is 0 Å². The first kappa shape index (κ1) is 18.4. The fourth-order valence-electron chi connectivity index (χ4n) is 3.42. The van der Waals surface area contributed by atoms with Crippen LogP contribution in [0, 0.1) is 0 Å². The van der Waals surface area contributed by atoms with Crippen LogP contribution in [0.4, 0.5) is 17.3 Å². The third kappa shape index (κ3) is 3.68. The van der Waals surface area contributed by atoms with Crippen LogP contribution in [0.25, 0.3) is 11.0 Å². The number of likely N-dealkylation sites (N-methyl/N-ethyl adjacent to an activating group) is 1. The van der Waals surface area contributed by atoms with Gasteiger partial charge in [-0.25, -0.2) is 14.8 Å². The minimum absolute atomic E-state index is 0.0330. The molecule has 1 aromatic carbocycles. The molecule has 0 spiro atoms. The zero-order valence-corrected chi connectivity index (χ0v) is 16.5. The molecule has 8 heteroatoms. The number of rotatable bonds is 4. The van der Waals surface area contributed by atoms with Crippen LogP contribution in [0.5, 0.6) is 0 Å². The number of aromatic nitrogens is 4. The molecule has 1 fully saturated rings. The molecule has 0 amide bonds. The van der Waals surface area contributed by atoms with Gasteiger partial charge in [0, 0.05) is 56.0 Å². The smallest absolute Gasteiger partial charge is 0.349 e. The minimum Gasteiger partial charge on any atom is -0.369 e. The molecule has 4 rings (SSSR count). The molecular weight excluding hydrogens is 354 g/mol. The van der Waals surface area contributed by atoms with Crippen LogP contribution in [0.15, 0.2) is 41.5 Å². The molecule has 146 valence electrons. The van der Waals surface area contributed by atoms with Gasteiger partial charge in [-0.2, -0.15) is 4.98 Å². The molecular formula is C20H25N7O. The number of piperazine rings is 1. The van der Waals surface area contributed by atoms with Gasteiger partial charge in [0.05, 0.1) is 5.39 Å². The first-order valence-corrected chi connectivity index (χ1v) is 9.56. The normalized spacial score (nSPS) is 15.4. The maximum absolute atomic E-state index is 12.1. The summed E-state index contributed by atoms with van der Waals surface area (Å²) in [6.45, 7) is 8.12. The molecule has 2 aromatic heterocycles. The Labute approximate surface area is 163 Å². The molecule has 0 atom stereocenters. The van der Waals surface area contributed by atoms with E-state index in [9.17, 15) is 4.79 Å². The maximum atomic E-state index is 12.1. The van der Waals surface area contributed by atoms with Gasteiger partial charge in [-0.05, 0) is 45.2 Å². The highest BCUT2D eigenvalue weighted by molar-refractivity contribution is 5.75. The Morgan fingerprint density at radius 1 is 1.00 bits per heavy atom. The highest BCUT2D eigenvalue weighted by atomic mass is 16.1. The lowest BCUT2D eigenvalue weighted by Gasteiger charge is -2.34. The van der Waals surface area contributed by atoms with Gasteiger partial charge in [-0.1, -0.05) is 0 Å². The van der Waals surface area contributed by atoms with E-state index in [0.717, 1.165) is 37.3 Å². The minimum atomic E-state index is -0.302. The van der Waals surface area contributed by atoms with E-state index < -0.39 is 0 Å². The van der Waals surface area contributed by atoms with Crippen molar-refractivity contribution in [1.82, 2.24) is 24.4 Å². The van der Waals surface area contributed by atoms with Gasteiger partial charge in [0.25, 0.3) is 0 Å². The zero-order chi connectivity index (χ0) is 19.7. The molecule has 1 N–H and O–H groups in total. The van der Waals surface area contributed by atoms with Crippen molar-refractivity contribution in [2.24, 2.45) is 0 Å². The van der Waals surface area contributed by atoms with Crippen LogP contribution in [0.1, 0.15) is 19.9 Å². The fraction of sp³-hybridized carbons (Fsp3) is 0.400. The van der Waals surface area contributed by atoms with Gasteiger partial charge in [0.15, 0.2) is 5.65 Å². The lowest BCUT2D eigenvalue weighted by molar-refractivity contribution is 0.313. The van der Waals surface area contributed by atoms with Crippen LogP contribution >= 0.6 is 0 Å². The van der Waals surface area contributed by atoms with Gasteiger partial charge in [0.1, 0.15) is 0 Å². The summed E-state index contributed by atoms with van der Waals surface area (Å²) in [4.78, 5) is 29.7. The molecule has 3 aromatic rings. The number of hydrogen-bond donors (Lipinski definition) is 1. The van der Waals surface area contributed by atoms with Crippen LogP contribution in [-0.4, -0.2) is 57.6 Å². The van der Waals surface area contributed by atoms with Gasteiger partial charge in [0.2, 0.25) is 5.95 Å². The summed E-state index contributed by atoms with van der Waals surface area (Å²) < 4.78 is 1.58. The molecule has 3 heterocycles. The second kappa shape index (κ2) is 7.55. The van der Waals surface area contributed by atoms with E-state index in [2.05, 4.69) is 49.2 Å². The van der Waals surface area contributed by atoms with E-state index in [0.29, 0.717) is 11.6 Å². The van der Waals surface area contributed by atoms with Crippen molar-refractivity contribution in [2.75, 3.05) is 43.4 Å². The number of fused-ring (bicyclic) bond motifs is 1. The van der Waals surface area contributed by atoms with Crippen molar-refractivity contribution >= 4 is 28.4 Å². The highest BCUT2D eigenvalue weighted by Gasteiger charge is 2.14. The molecule has 1 saturated heterocycles. The SMILES string of the molecule is CC(C)n1c(=O)ncc2cnc(Nc3ccc(N4CCN(C)CC4)cc3)nc21. The molecule has 0 aliphatic carbocycles. The molecule has 8 nitrogen and oxygen atoms in total. The molecule has 1 aliphatic heterocycles. The third-order valence-corrected chi connectivity index (χ3v) is 5.05. The predicted octanol–water partition coefficient (Wildman–Crippen LogP) is 2.26. The molecule has 0 saturated carbocycles. The van der Waals surface area contributed by atoms with Crippen LogP contribution in [-0.2, 0) is 0 Å². The maximum Gasteiger partial charge on any atom is 0.349 e. The molecule has 28 heavy (non-hydrogen) atoms. The lowest BCUT2D eigenvalue weighted by atomic mass is 10.2. The first-order chi connectivity index (χ1) is 13.5. The Bertz CT molecular complexity index is 1020. The van der Waals surface area contributed by atoms with E-state index in [1.54, 1.807) is 10.8 Å². The van der Waals surface area contributed by atoms with Crippen molar-refractivity contribution in [2.45, 2.75) is 19.9 Å². The number of nitrogens with one attached hydrogen (secondary N) is 1. The predicted molar refractivity (Wildman–Crippen MR) is 111 cm³/mol. The van der Waals surface area contributed by atoms with Gasteiger partial charge in [-0.15, -0.1) is 0 Å². The number of anilines is 3. The van der Waals surface area contributed by atoms with E-state index in [1.165, 1.54) is 11.9 Å². The third-order valence-electron chi connectivity index (χ3n) is 5.05. The quantitative estimate of drug-likeness (QED) is 0.745. The van der Waals surface area contributed by atoms with E-state index >= 15 is 0 Å². The Hall–Kier alpha value is -3.00. The number of hydrogen-bond acceptors (Lipinski definition) is 7. The topological polar surface area (TPSA) is 79.2 Å². The Morgan fingerprint density at radius 3 is 2.36 bits per heavy atom. The summed E-state index contributed by atoms with van der Waals surface area (Å²) in [7, 11) is 2.16. The monoisotopic (exact) mass is 379 g/mol. The summed E-state index contributed by atoms with van der Waals surface area (Å²) in [5.74, 6) is 0.458. The van der Waals surface area contributed by atoms with Crippen molar-refractivity contribution in [3.63, 3.8) is 0 Å². The average molecular weight is 379 g/mol. The first-order valence-electron chi connectivity index (χ1n) is 9.56. The molecule has 1 aliphatic rings. The van der Waals surface area contributed by atoms with Crippen molar-refractivity contribution in [3.05, 3.63) is 47.1 Å².